The van der Waals surface area contributed by atoms with Gasteiger partial charge in [0.25, 0.3) is 11.8 Å². The van der Waals surface area contributed by atoms with Crippen LogP contribution in [-0.4, -0.2) is 23.5 Å². The lowest BCUT2D eigenvalue weighted by molar-refractivity contribution is 0.0976. The predicted octanol–water partition coefficient (Wildman–Crippen LogP) is 6.56. The number of amides is 2. The van der Waals surface area contributed by atoms with E-state index in [0.29, 0.717) is 45.2 Å². The number of halogens is 1. The van der Waals surface area contributed by atoms with Crippen LogP contribution in [0.3, 0.4) is 0 Å². The molecule has 0 saturated heterocycles. The van der Waals surface area contributed by atoms with E-state index < -0.39 is 0 Å². The van der Waals surface area contributed by atoms with Gasteiger partial charge >= 0.3 is 0 Å². The van der Waals surface area contributed by atoms with Crippen molar-refractivity contribution in [1.82, 2.24) is 5.32 Å². The second-order valence-corrected chi connectivity index (χ2v) is 9.70. The largest absolute Gasteiger partial charge is 0.492 e. The van der Waals surface area contributed by atoms with Crippen LogP contribution >= 0.6 is 28.1 Å². The molecule has 0 spiro atoms. The van der Waals surface area contributed by atoms with Gasteiger partial charge in [0.2, 0.25) is 0 Å². The number of carbonyl (C=O) groups is 2. The van der Waals surface area contributed by atoms with E-state index in [2.05, 4.69) is 45.7 Å². The van der Waals surface area contributed by atoms with E-state index in [0.717, 1.165) is 12.0 Å². The van der Waals surface area contributed by atoms with Crippen molar-refractivity contribution in [3.8, 4) is 5.75 Å². The summed E-state index contributed by atoms with van der Waals surface area (Å²) in [6, 6.07) is 19.6. The third-order valence-electron chi connectivity index (χ3n) is 5.14. The number of thiocarbonyl (C=S) groups is 1. The topological polar surface area (TPSA) is 79.5 Å². The van der Waals surface area contributed by atoms with E-state index >= 15 is 0 Å². The highest BCUT2D eigenvalue weighted by Gasteiger charge is 2.12. The van der Waals surface area contributed by atoms with E-state index in [1.54, 1.807) is 42.5 Å². The Hall–Kier alpha value is -3.23. The molecule has 0 aromatic heterocycles. The molecule has 0 bridgehead atoms. The molecular weight excluding hydrogens is 526 g/mol. The van der Waals surface area contributed by atoms with Gasteiger partial charge in [-0.15, -0.1) is 0 Å². The molecule has 3 N–H and O–H groups in total. The van der Waals surface area contributed by atoms with Crippen LogP contribution in [0.4, 0.5) is 11.4 Å². The highest BCUT2D eigenvalue weighted by Crippen LogP contribution is 2.26. The summed E-state index contributed by atoms with van der Waals surface area (Å²) in [5.41, 5.74) is 3.28. The average molecular weight is 555 g/mol. The van der Waals surface area contributed by atoms with Gasteiger partial charge in [0.15, 0.2) is 5.11 Å². The van der Waals surface area contributed by atoms with Gasteiger partial charge in [-0.2, -0.15) is 0 Å². The van der Waals surface area contributed by atoms with Gasteiger partial charge in [-0.1, -0.05) is 32.0 Å². The van der Waals surface area contributed by atoms with E-state index in [1.807, 2.05) is 31.2 Å². The molecule has 0 aliphatic rings. The van der Waals surface area contributed by atoms with Crippen LogP contribution in [0.15, 0.2) is 71.2 Å². The molecule has 8 heteroatoms. The monoisotopic (exact) mass is 553 g/mol. The summed E-state index contributed by atoms with van der Waals surface area (Å²) in [6.07, 6.45) is 0.953. The van der Waals surface area contributed by atoms with Gasteiger partial charge in [0.05, 0.1) is 11.1 Å². The molecule has 35 heavy (non-hydrogen) atoms. The van der Waals surface area contributed by atoms with Crippen molar-refractivity contribution >= 4 is 56.4 Å². The van der Waals surface area contributed by atoms with Crippen LogP contribution in [0.5, 0.6) is 5.75 Å². The second-order valence-electron chi connectivity index (χ2n) is 8.43. The maximum Gasteiger partial charge on any atom is 0.257 e. The minimum Gasteiger partial charge on any atom is -0.492 e. The Labute approximate surface area is 219 Å². The molecule has 3 rings (SSSR count). The SMILES string of the molecule is Cc1cc(NC(=S)NC(=O)c2ccc(OCCC(C)C)c(Br)c2)ccc1NC(=O)c1ccccc1. The number of hydrogen-bond acceptors (Lipinski definition) is 4. The van der Waals surface area contributed by atoms with Gasteiger partial charge in [-0.05, 0) is 102 Å². The fourth-order valence-corrected chi connectivity index (χ4v) is 3.87. The van der Waals surface area contributed by atoms with Crippen molar-refractivity contribution in [3.05, 3.63) is 87.9 Å². The zero-order chi connectivity index (χ0) is 25.4. The lowest BCUT2D eigenvalue weighted by Crippen LogP contribution is -2.34. The van der Waals surface area contributed by atoms with E-state index in [4.69, 9.17) is 17.0 Å². The molecule has 0 unspecified atom stereocenters. The first-order chi connectivity index (χ1) is 16.7. The molecular formula is C27H28BrN3O3S. The van der Waals surface area contributed by atoms with Crippen LogP contribution in [-0.2, 0) is 0 Å². The Morgan fingerprint density at radius 1 is 0.943 bits per heavy atom. The third kappa shape index (κ3) is 7.90. The number of carbonyl (C=O) groups excluding carboxylic acids is 2. The van der Waals surface area contributed by atoms with E-state index in [9.17, 15) is 9.59 Å². The predicted molar refractivity (Wildman–Crippen MR) is 148 cm³/mol. The van der Waals surface area contributed by atoms with Gasteiger partial charge in [-0.3, -0.25) is 14.9 Å². The number of hydrogen-bond donors (Lipinski definition) is 3. The fraction of sp³-hybridized carbons (Fsp3) is 0.222. The summed E-state index contributed by atoms with van der Waals surface area (Å²) in [5, 5.41) is 8.77. The maximum absolute atomic E-state index is 12.6. The number of nitrogens with one attached hydrogen (secondary N) is 3. The third-order valence-corrected chi connectivity index (χ3v) is 5.97. The summed E-state index contributed by atoms with van der Waals surface area (Å²) in [6.45, 7) is 6.78. The number of anilines is 2. The van der Waals surface area contributed by atoms with Crippen molar-refractivity contribution in [2.75, 3.05) is 17.2 Å². The van der Waals surface area contributed by atoms with Crippen LogP contribution in [0, 0.1) is 12.8 Å². The molecule has 3 aromatic rings. The Morgan fingerprint density at radius 2 is 1.69 bits per heavy atom. The molecule has 0 saturated carbocycles. The second kappa shape index (κ2) is 12.5. The van der Waals surface area contributed by atoms with Crippen LogP contribution < -0.4 is 20.7 Å². The smallest absolute Gasteiger partial charge is 0.257 e. The Morgan fingerprint density at radius 3 is 2.34 bits per heavy atom. The summed E-state index contributed by atoms with van der Waals surface area (Å²) in [4.78, 5) is 25.0. The lowest BCUT2D eigenvalue weighted by Gasteiger charge is -2.14. The Kier molecular flexibility index (Phi) is 9.39. The van der Waals surface area contributed by atoms with Crippen molar-refractivity contribution in [3.63, 3.8) is 0 Å². The number of benzene rings is 3. The molecule has 182 valence electrons. The van der Waals surface area contributed by atoms with Crippen molar-refractivity contribution in [2.45, 2.75) is 27.2 Å². The highest BCUT2D eigenvalue weighted by atomic mass is 79.9. The van der Waals surface area contributed by atoms with E-state index in [1.165, 1.54) is 0 Å². The molecule has 6 nitrogen and oxygen atoms in total. The molecule has 3 aromatic carbocycles. The van der Waals surface area contributed by atoms with Gasteiger partial charge in [0, 0.05) is 22.5 Å². The lowest BCUT2D eigenvalue weighted by atomic mass is 10.1. The van der Waals surface area contributed by atoms with E-state index in [-0.39, 0.29) is 16.9 Å². The van der Waals surface area contributed by atoms with Crippen molar-refractivity contribution in [2.24, 2.45) is 5.92 Å². The van der Waals surface area contributed by atoms with Gasteiger partial charge < -0.3 is 15.4 Å². The first-order valence-electron chi connectivity index (χ1n) is 11.2. The minimum absolute atomic E-state index is 0.170. The van der Waals surface area contributed by atoms with Crippen LogP contribution in [0.2, 0.25) is 0 Å². The Balaban J connectivity index is 1.56. The summed E-state index contributed by atoms with van der Waals surface area (Å²) in [5.74, 6) is 0.735. The van der Waals surface area contributed by atoms with Crippen molar-refractivity contribution in [1.29, 1.82) is 0 Å². The Bertz CT molecular complexity index is 1220. The molecule has 0 aliphatic carbocycles. The summed E-state index contributed by atoms with van der Waals surface area (Å²) in [7, 11) is 0. The normalized spacial score (nSPS) is 10.5. The quantitative estimate of drug-likeness (QED) is 0.275. The number of aryl methyl sites for hydroxylation is 1. The molecule has 0 heterocycles. The summed E-state index contributed by atoms with van der Waals surface area (Å²) < 4.78 is 6.47. The standard InChI is InChI=1S/C27H28BrN3O3S/c1-17(2)13-14-34-24-12-9-20(16-22(24)28)26(33)31-27(35)29-21-10-11-23(18(3)15-21)30-25(32)19-7-5-4-6-8-19/h4-12,15-17H,13-14H2,1-3H3,(H,30,32)(H2,29,31,33,35). The number of rotatable bonds is 8. The highest BCUT2D eigenvalue weighted by molar-refractivity contribution is 9.10. The first kappa shape index (κ1) is 26.4. The van der Waals surface area contributed by atoms with Crippen molar-refractivity contribution < 1.29 is 14.3 Å². The zero-order valence-corrected chi connectivity index (χ0v) is 22.3. The molecule has 0 fully saturated rings. The zero-order valence-electron chi connectivity index (χ0n) is 19.9. The van der Waals surface area contributed by atoms with Gasteiger partial charge in [0.1, 0.15) is 5.75 Å². The molecule has 2 amide bonds. The van der Waals surface area contributed by atoms with Gasteiger partial charge in [-0.25, -0.2) is 0 Å². The minimum atomic E-state index is -0.333. The van der Waals surface area contributed by atoms with Crippen LogP contribution in [0.1, 0.15) is 46.5 Å². The molecule has 0 atom stereocenters. The fourth-order valence-electron chi connectivity index (χ4n) is 3.17. The molecule has 0 aliphatic heterocycles. The first-order valence-corrected chi connectivity index (χ1v) is 12.4. The number of ether oxygens (including phenoxy) is 1. The molecule has 0 radical (unpaired) electrons. The van der Waals surface area contributed by atoms with Crippen LogP contribution in [0.25, 0.3) is 0 Å². The maximum atomic E-state index is 12.6. The average Bonchev–Trinajstić information content (AvgIpc) is 2.82. The summed E-state index contributed by atoms with van der Waals surface area (Å²) >= 11 is 8.78.